The molecule has 1 aliphatic heterocycles. The molecule has 0 saturated carbocycles. The molecule has 0 bridgehead atoms. The second-order valence-electron chi connectivity index (χ2n) is 5.68. The molecule has 0 spiro atoms. The topological polar surface area (TPSA) is 58.6 Å². The summed E-state index contributed by atoms with van der Waals surface area (Å²) >= 11 is 0. The number of rotatable bonds is 2. The highest BCUT2D eigenvalue weighted by Gasteiger charge is 2.27. The van der Waals surface area contributed by atoms with Crippen LogP contribution < -0.4 is 10.1 Å². The number of amides is 2. The van der Waals surface area contributed by atoms with Crippen molar-refractivity contribution in [2.45, 2.75) is 46.4 Å². The molecule has 0 fully saturated rings. The molecule has 2 rings (SSSR count). The standard InChI is InChI=1S/C16H22N2O3/c1-10-5-6-15-14(7-10)9-18(8-11(2)21-15)16(20)12(3)17-13(4)19/h5-7,11-12H,8-9H2,1-4H3,(H,17,19)/t11?,12-/m0/s1. The van der Waals surface area contributed by atoms with Gasteiger partial charge in [-0.3, -0.25) is 9.59 Å². The number of benzene rings is 1. The van der Waals surface area contributed by atoms with E-state index in [1.807, 2.05) is 32.0 Å². The molecule has 21 heavy (non-hydrogen) atoms. The SMILES string of the molecule is CC(=O)N[C@@H](C)C(=O)N1Cc2cc(C)ccc2OC(C)C1. The Bertz CT molecular complexity index is 556. The van der Waals surface area contributed by atoms with E-state index in [9.17, 15) is 9.59 Å². The molecule has 114 valence electrons. The van der Waals surface area contributed by atoms with Gasteiger partial charge in [0.1, 0.15) is 17.9 Å². The quantitative estimate of drug-likeness (QED) is 0.900. The smallest absolute Gasteiger partial charge is 0.245 e. The number of nitrogens with one attached hydrogen (secondary N) is 1. The average molecular weight is 290 g/mol. The van der Waals surface area contributed by atoms with Crippen molar-refractivity contribution in [3.63, 3.8) is 0 Å². The minimum atomic E-state index is -0.527. The summed E-state index contributed by atoms with van der Waals surface area (Å²) in [6.07, 6.45) is -0.0811. The van der Waals surface area contributed by atoms with Crippen LogP contribution in [0.3, 0.4) is 0 Å². The lowest BCUT2D eigenvalue weighted by Gasteiger charge is -2.25. The van der Waals surface area contributed by atoms with Gasteiger partial charge in [-0.05, 0) is 26.8 Å². The van der Waals surface area contributed by atoms with Gasteiger partial charge in [0.25, 0.3) is 0 Å². The predicted octanol–water partition coefficient (Wildman–Crippen LogP) is 1.63. The first kappa shape index (κ1) is 15.4. The summed E-state index contributed by atoms with van der Waals surface area (Å²) in [5.74, 6) is 0.539. The third-order valence-electron chi connectivity index (χ3n) is 3.48. The lowest BCUT2D eigenvalue weighted by molar-refractivity contribution is -0.136. The third-order valence-corrected chi connectivity index (χ3v) is 3.48. The van der Waals surface area contributed by atoms with Crippen molar-refractivity contribution >= 4 is 11.8 Å². The minimum absolute atomic E-state index is 0.0811. The number of hydrogen-bond acceptors (Lipinski definition) is 3. The monoisotopic (exact) mass is 290 g/mol. The maximum absolute atomic E-state index is 12.5. The van der Waals surface area contributed by atoms with E-state index < -0.39 is 6.04 Å². The summed E-state index contributed by atoms with van der Waals surface area (Å²) in [5, 5.41) is 2.64. The first-order chi connectivity index (χ1) is 9.86. The van der Waals surface area contributed by atoms with Crippen molar-refractivity contribution in [1.82, 2.24) is 10.2 Å². The number of ether oxygens (including phenoxy) is 1. The molecule has 1 aromatic carbocycles. The van der Waals surface area contributed by atoms with Crippen molar-refractivity contribution in [1.29, 1.82) is 0 Å². The lowest BCUT2D eigenvalue weighted by atomic mass is 10.1. The molecule has 1 unspecified atom stereocenters. The van der Waals surface area contributed by atoms with Gasteiger partial charge in [-0.25, -0.2) is 0 Å². The lowest BCUT2D eigenvalue weighted by Crippen LogP contribution is -2.47. The molecule has 0 saturated heterocycles. The Morgan fingerprint density at radius 3 is 2.81 bits per heavy atom. The molecule has 2 atom stereocenters. The zero-order chi connectivity index (χ0) is 15.6. The van der Waals surface area contributed by atoms with Crippen molar-refractivity contribution in [2.75, 3.05) is 6.54 Å². The summed E-state index contributed by atoms with van der Waals surface area (Å²) in [4.78, 5) is 25.3. The van der Waals surface area contributed by atoms with Gasteiger partial charge in [0, 0.05) is 19.0 Å². The summed E-state index contributed by atoms with van der Waals surface area (Å²) < 4.78 is 5.87. The minimum Gasteiger partial charge on any atom is -0.489 e. The third kappa shape index (κ3) is 3.74. The van der Waals surface area contributed by atoms with Crippen molar-refractivity contribution < 1.29 is 14.3 Å². The number of carbonyl (C=O) groups is 2. The highest BCUT2D eigenvalue weighted by atomic mass is 16.5. The molecular weight excluding hydrogens is 268 g/mol. The zero-order valence-corrected chi connectivity index (χ0v) is 13.0. The van der Waals surface area contributed by atoms with E-state index in [2.05, 4.69) is 5.32 Å². The van der Waals surface area contributed by atoms with Crippen LogP contribution in [0.2, 0.25) is 0 Å². The van der Waals surface area contributed by atoms with E-state index >= 15 is 0 Å². The van der Waals surface area contributed by atoms with Gasteiger partial charge in [-0.1, -0.05) is 17.7 Å². The Hall–Kier alpha value is -2.04. The Kier molecular flexibility index (Phi) is 4.50. The van der Waals surface area contributed by atoms with Crippen LogP contribution in [0.25, 0.3) is 0 Å². The van der Waals surface area contributed by atoms with E-state index in [4.69, 9.17) is 4.74 Å². The van der Waals surface area contributed by atoms with Crippen LogP contribution in [0.15, 0.2) is 18.2 Å². The van der Waals surface area contributed by atoms with Gasteiger partial charge in [-0.15, -0.1) is 0 Å². The first-order valence-corrected chi connectivity index (χ1v) is 7.19. The first-order valence-electron chi connectivity index (χ1n) is 7.19. The van der Waals surface area contributed by atoms with E-state index in [0.29, 0.717) is 13.1 Å². The summed E-state index contributed by atoms with van der Waals surface area (Å²) in [7, 11) is 0. The van der Waals surface area contributed by atoms with E-state index in [1.54, 1.807) is 11.8 Å². The van der Waals surface area contributed by atoms with Gasteiger partial charge in [0.2, 0.25) is 11.8 Å². The maximum Gasteiger partial charge on any atom is 0.245 e. The molecule has 1 aromatic rings. The average Bonchev–Trinajstić information content (AvgIpc) is 2.54. The van der Waals surface area contributed by atoms with Crippen LogP contribution in [0.4, 0.5) is 0 Å². The zero-order valence-electron chi connectivity index (χ0n) is 13.0. The van der Waals surface area contributed by atoms with Crippen molar-refractivity contribution in [3.8, 4) is 5.75 Å². The number of nitrogens with zero attached hydrogens (tertiary/aromatic N) is 1. The highest BCUT2D eigenvalue weighted by molar-refractivity contribution is 5.86. The molecule has 0 aromatic heterocycles. The van der Waals surface area contributed by atoms with Crippen LogP contribution >= 0.6 is 0 Å². The molecule has 0 radical (unpaired) electrons. The number of carbonyl (C=O) groups excluding carboxylic acids is 2. The van der Waals surface area contributed by atoms with Crippen LogP contribution in [0, 0.1) is 6.92 Å². The highest BCUT2D eigenvalue weighted by Crippen LogP contribution is 2.26. The van der Waals surface area contributed by atoms with Crippen LogP contribution in [-0.4, -0.2) is 35.4 Å². The van der Waals surface area contributed by atoms with E-state index in [0.717, 1.165) is 16.9 Å². The van der Waals surface area contributed by atoms with Crippen LogP contribution in [0.1, 0.15) is 31.9 Å². The van der Waals surface area contributed by atoms with Crippen molar-refractivity contribution in [3.05, 3.63) is 29.3 Å². The van der Waals surface area contributed by atoms with E-state index in [-0.39, 0.29) is 17.9 Å². The second-order valence-corrected chi connectivity index (χ2v) is 5.68. The molecular formula is C16H22N2O3. The maximum atomic E-state index is 12.5. The summed E-state index contributed by atoms with van der Waals surface area (Å²) in [6.45, 7) is 8.09. The molecule has 1 heterocycles. The molecule has 5 nitrogen and oxygen atoms in total. The number of aryl methyl sites for hydroxylation is 1. The van der Waals surface area contributed by atoms with Gasteiger partial charge < -0.3 is 15.0 Å². The fraction of sp³-hybridized carbons (Fsp3) is 0.500. The molecule has 1 N–H and O–H groups in total. The van der Waals surface area contributed by atoms with Gasteiger partial charge in [-0.2, -0.15) is 0 Å². The Balaban J connectivity index is 2.21. The summed E-state index contributed by atoms with van der Waals surface area (Å²) in [6, 6.07) is 5.47. The second kappa shape index (κ2) is 6.16. The van der Waals surface area contributed by atoms with Gasteiger partial charge in [0.15, 0.2) is 0 Å². The number of hydrogen-bond donors (Lipinski definition) is 1. The molecule has 2 amide bonds. The Morgan fingerprint density at radius 2 is 2.14 bits per heavy atom. The molecule has 1 aliphatic rings. The fourth-order valence-corrected chi connectivity index (χ4v) is 2.59. The molecule has 0 aliphatic carbocycles. The number of fused-ring (bicyclic) bond motifs is 1. The van der Waals surface area contributed by atoms with Crippen LogP contribution in [-0.2, 0) is 16.1 Å². The van der Waals surface area contributed by atoms with Gasteiger partial charge >= 0.3 is 0 Å². The molecule has 5 heteroatoms. The van der Waals surface area contributed by atoms with Gasteiger partial charge in [0.05, 0.1) is 6.54 Å². The van der Waals surface area contributed by atoms with Crippen LogP contribution in [0.5, 0.6) is 5.75 Å². The largest absolute Gasteiger partial charge is 0.489 e. The predicted molar refractivity (Wildman–Crippen MR) is 80.0 cm³/mol. The Morgan fingerprint density at radius 1 is 1.43 bits per heavy atom. The normalized spacial score (nSPS) is 19.0. The Labute approximate surface area is 125 Å². The van der Waals surface area contributed by atoms with E-state index in [1.165, 1.54) is 6.92 Å². The fourth-order valence-electron chi connectivity index (χ4n) is 2.59. The summed E-state index contributed by atoms with van der Waals surface area (Å²) in [5.41, 5.74) is 2.14. The van der Waals surface area contributed by atoms with Crippen molar-refractivity contribution in [2.24, 2.45) is 0 Å².